The lowest BCUT2D eigenvalue weighted by atomic mass is 10.0. The molecular weight excluding hydrogens is 264 g/mol. The van der Waals surface area contributed by atoms with Crippen LogP contribution in [-0.2, 0) is 0 Å². The first-order valence-corrected chi connectivity index (χ1v) is 6.84. The van der Waals surface area contributed by atoms with Gasteiger partial charge in [0.1, 0.15) is 5.82 Å². The average Bonchev–Trinajstić information content (AvgIpc) is 2.47. The Morgan fingerprint density at radius 2 is 2.12 bits per heavy atom. The van der Waals surface area contributed by atoms with Crippen LogP contribution in [0.15, 0.2) is 16.6 Å². The van der Waals surface area contributed by atoms with Gasteiger partial charge in [0.25, 0.3) is 0 Å². The second kappa shape index (κ2) is 5.17. The molecule has 1 atom stereocenters. The molecule has 0 saturated carbocycles. The van der Waals surface area contributed by atoms with Crippen molar-refractivity contribution in [3.8, 4) is 0 Å². The van der Waals surface area contributed by atoms with Gasteiger partial charge in [-0.1, -0.05) is 6.92 Å². The van der Waals surface area contributed by atoms with Gasteiger partial charge in [0.15, 0.2) is 0 Å². The van der Waals surface area contributed by atoms with Crippen molar-refractivity contribution in [2.45, 2.75) is 33.1 Å². The van der Waals surface area contributed by atoms with Gasteiger partial charge in [-0.15, -0.1) is 0 Å². The molecule has 3 heteroatoms. The summed E-state index contributed by atoms with van der Waals surface area (Å²) in [4.78, 5) is 7.06. The Kier molecular flexibility index (Phi) is 3.85. The van der Waals surface area contributed by atoms with Gasteiger partial charge in [0.2, 0.25) is 0 Å². The Morgan fingerprint density at radius 1 is 1.31 bits per heavy atom. The highest BCUT2D eigenvalue weighted by molar-refractivity contribution is 9.10. The number of aromatic nitrogens is 1. The Morgan fingerprint density at radius 3 is 2.88 bits per heavy atom. The smallest absolute Gasteiger partial charge is 0.128 e. The molecule has 88 valence electrons. The van der Waals surface area contributed by atoms with Gasteiger partial charge in [-0.25, -0.2) is 4.98 Å². The van der Waals surface area contributed by atoms with E-state index in [1.165, 1.54) is 19.3 Å². The highest BCUT2D eigenvalue weighted by Crippen LogP contribution is 2.23. The fourth-order valence-corrected chi connectivity index (χ4v) is 2.42. The van der Waals surface area contributed by atoms with Crippen molar-refractivity contribution in [3.63, 3.8) is 0 Å². The first-order valence-electron chi connectivity index (χ1n) is 6.05. The third kappa shape index (κ3) is 2.76. The molecule has 1 unspecified atom stereocenters. The third-order valence-electron chi connectivity index (χ3n) is 3.35. The summed E-state index contributed by atoms with van der Waals surface area (Å²) in [6.45, 7) is 6.70. The van der Waals surface area contributed by atoms with E-state index >= 15 is 0 Å². The fraction of sp³-hybridized carbons (Fsp3) is 0.615. The zero-order chi connectivity index (χ0) is 11.5. The molecule has 0 N–H and O–H groups in total. The fourth-order valence-electron chi connectivity index (χ4n) is 2.20. The van der Waals surface area contributed by atoms with Gasteiger partial charge in [-0.2, -0.15) is 0 Å². The van der Waals surface area contributed by atoms with Crippen molar-refractivity contribution in [2.75, 3.05) is 18.0 Å². The van der Waals surface area contributed by atoms with Crippen LogP contribution in [0.1, 0.15) is 31.9 Å². The Hall–Kier alpha value is -0.570. The standard InChI is InChI=1S/C13H19BrN2/c1-10-4-3-8-16(9-7-10)13-6-5-12(14)11(2)15-13/h5-6,10H,3-4,7-9H2,1-2H3. The molecule has 0 aromatic carbocycles. The van der Waals surface area contributed by atoms with E-state index in [4.69, 9.17) is 0 Å². The zero-order valence-corrected chi connectivity index (χ0v) is 11.6. The summed E-state index contributed by atoms with van der Waals surface area (Å²) in [6, 6.07) is 4.22. The molecule has 16 heavy (non-hydrogen) atoms. The van der Waals surface area contributed by atoms with Crippen molar-refractivity contribution < 1.29 is 0 Å². The van der Waals surface area contributed by atoms with E-state index in [1.807, 2.05) is 6.92 Å². The van der Waals surface area contributed by atoms with Crippen molar-refractivity contribution in [3.05, 3.63) is 22.3 Å². The first kappa shape index (κ1) is 11.9. The highest BCUT2D eigenvalue weighted by atomic mass is 79.9. The topological polar surface area (TPSA) is 16.1 Å². The molecule has 0 bridgehead atoms. The molecule has 1 saturated heterocycles. The molecule has 0 aliphatic carbocycles. The SMILES string of the molecule is Cc1nc(N2CCCC(C)CC2)ccc1Br. The van der Waals surface area contributed by atoms with Crippen LogP contribution in [0.25, 0.3) is 0 Å². The van der Waals surface area contributed by atoms with E-state index in [0.717, 1.165) is 35.0 Å². The lowest BCUT2D eigenvalue weighted by molar-refractivity contribution is 0.521. The summed E-state index contributed by atoms with van der Waals surface area (Å²) in [5.74, 6) is 2.00. The molecule has 0 radical (unpaired) electrons. The van der Waals surface area contributed by atoms with Crippen LogP contribution in [0, 0.1) is 12.8 Å². The number of nitrogens with zero attached hydrogens (tertiary/aromatic N) is 2. The van der Waals surface area contributed by atoms with Crippen molar-refractivity contribution in [2.24, 2.45) is 5.92 Å². The largest absolute Gasteiger partial charge is 0.357 e. The van der Waals surface area contributed by atoms with E-state index in [-0.39, 0.29) is 0 Å². The van der Waals surface area contributed by atoms with E-state index in [9.17, 15) is 0 Å². The van der Waals surface area contributed by atoms with Crippen molar-refractivity contribution in [1.29, 1.82) is 0 Å². The number of hydrogen-bond donors (Lipinski definition) is 0. The number of pyridine rings is 1. The molecule has 1 aromatic rings. The molecule has 2 heterocycles. The van der Waals surface area contributed by atoms with Crippen molar-refractivity contribution in [1.82, 2.24) is 4.98 Å². The summed E-state index contributed by atoms with van der Waals surface area (Å²) in [5, 5.41) is 0. The molecule has 1 aliphatic rings. The van der Waals surface area contributed by atoms with Crippen LogP contribution >= 0.6 is 15.9 Å². The van der Waals surface area contributed by atoms with Crippen LogP contribution in [0.2, 0.25) is 0 Å². The van der Waals surface area contributed by atoms with Crippen LogP contribution in [0.5, 0.6) is 0 Å². The second-order valence-corrected chi connectivity index (χ2v) is 5.61. The maximum atomic E-state index is 4.64. The second-order valence-electron chi connectivity index (χ2n) is 4.76. The third-order valence-corrected chi connectivity index (χ3v) is 4.19. The first-order chi connectivity index (χ1) is 7.66. The van der Waals surface area contributed by atoms with Gasteiger partial charge in [0, 0.05) is 17.6 Å². The van der Waals surface area contributed by atoms with E-state index in [1.54, 1.807) is 0 Å². The maximum Gasteiger partial charge on any atom is 0.128 e. The Balaban J connectivity index is 2.13. The quantitative estimate of drug-likeness (QED) is 0.779. The molecular formula is C13H19BrN2. The van der Waals surface area contributed by atoms with E-state index < -0.39 is 0 Å². The molecule has 1 aromatic heterocycles. The summed E-state index contributed by atoms with van der Waals surface area (Å²) >= 11 is 3.50. The minimum absolute atomic E-state index is 0.863. The highest BCUT2D eigenvalue weighted by Gasteiger charge is 2.15. The number of halogens is 1. The van der Waals surface area contributed by atoms with Gasteiger partial charge < -0.3 is 4.90 Å². The van der Waals surface area contributed by atoms with Crippen LogP contribution < -0.4 is 4.90 Å². The molecule has 2 rings (SSSR count). The van der Waals surface area contributed by atoms with Gasteiger partial charge in [-0.05, 0) is 60.2 Å². The summed E-state index contributed by atoms with van der Waals surface area (Å²) in [7, 11) is 0. The predicted octanol–water partition coefficient (Wildman–Crippen LogP) is 3.78. The average molecular weight is 283 g/mol. The summed E-state index contributed by atoms with van der Waals surface area (Å²) < 4.78 is 1.10. The number of hydrogen-bond acceptors (Lipinski definition) is 2. The molecule has 1 aliphatic heterocycles. The van der Waals surface area contributed by atoms with Crippen molar-refractivity contribution >= 4 is 21.7 Å². The van der Waals surface area contributed by atoms with Gasteiger partial charge in [0.05, 0.1) is 5.69 Å². The Labute approximate surface area is 106 Å². The van der Waals surface area contributed by atoms with E-state index in [0.29, 0.717) is 0 Å². The number of rotatable bonds is 1. The molecule has 0 amide bonds. The maximum absolute atomic E-state index is 4.64. The van der Waals surface area contributed by atoms with Gasteiger partial charge >= 0.3 is 0 Å². The minimum atomic E-state index is 0.863. The van der Waals surface area contributed by atoms with Crippen LogP contribution in [0.3, 0.4) is 0 Å². The lowest BCUT2D eigenvalue weighted by Crippen LogP contribution is -2.25. The Bertz CT molecular complexity index is 365. The normalized spacial score (nSPS) is 21.9. The predicted molar refractivity (Wildman–Crippen MR) is 71.9 cm³/mol. The van der Waals surface area contributed by atoms with E-state index in [2.05, 4.69) is 44.9 Å². The number of anilines is 1. The molecule has 1 fully saturated rings. The zero-order valence-electron chi connectivity index (χ0n) is 10.0. The monoisotopic (exact) mass is 282 g/mol. The minimum Gasteiger partial charge on any atom is -0.357 e. The molecule has 0 spiro atoms. The van der Waals surface area contributed by atoms with Gasteiger partial charge in [-0.3, -0.25) is 0 Å². The molecule has 2 nitrogen and oxygen atoms in total. The lowest BCUT2D eigenvalue weighted by Gasteiger charge is -2.22. The van der Waals surface area contributed by atoms with Crippen LogP contribution in [0.4, 0.5) is 5.82 Å². The van der Waals surface area contributed by atoms with Crippen LogP contribution in [-0.4, -0.2) is 18.1 Å². The summed E-state index contributed by atoms with van der Waals surface area (Å²) in [5.41, 5.74) is 1.08. The number of aryl methyl sites for hydroxylation is 1. The summed E-state index contributed by atoms with van der Waals surface area (Å²) in [6.07, 6.45) is 3.93.